The number of carboxylic acids is 2. The fourth-order valence-electron chi connectivity index (χ4n) is 2.19. The van der Waals surface area contributed by atoms with Gasteiger partial charge in [0.05, 0.1) is 24.6 Å². The average molecular weight is 284 g/mol. The molecular weight excluding hydrogens is 268 g/mol. The Morgan fingerprint density at radius 2 is 2.05 bits per heavy atom. The van der Waals surface area contributed by atoms with Gasteiger partial charge in [-0.15, -0.1) is 11.3 Å². The van der Waals surface area contributed by atoms with E-state index < -0.39 is 11.9 Å². The van der Waals surface area contributed by atoms with Gasteiger partial charge in [0, 0.05) is 5.38 Å². The number of piperidine rings is 1. The third-order valence-corrected chi connectivity index (χ3v) is 4.11. The highest BCUT2D eigenvalue weighted by atomic mass is 32.1. The number of thiazole rings is 1. The molecule has 0 bridgehead atoms. The third kappa shape index (κ3) is 4.00. The summed E-state index contributed by atoms with van der Waals surface area (Å²) in [6.45, 7) is 2.19. The molecule has 1 aromatic rings. The molecule has 1 aromatic heterocycles. The van der Waals surface area contributed by atoms with E-state index in [0.29, 0.717) is 25.1 Å². The van der Waals surface area contributed by atoms with E-state index in [1.807, 2.05) is 0 Å². The minimum Gasteiger partial charge on any atom is -0.481 e. The van der Waals surface area contributed by atoms with Crippen LogP contribution in [0.15, 0.2) is 5.38 Å². The van der Waals surface area contributed by atoms with Crippen molar-refractivity contribution in [3.63, 3.8) is 0 Å². The van der Waals surface area contributed by atoms with Gasteiger partial charge in [-0.2, -0.15) is 0 Å². The number of aromatic nitrogens is 1. The quantitative estimate of drug-likeness (QED) is 0.840. The van der Waals surface area contributed by atoms with Crippen LogP contribution in [0.3, 0.4) is 0 Å². The maximum Gasteiger partial charge on any atom is 0.309 e. The van der Waals surface area contributed by atoms with Crippen molar-refractivity contribution < 1.29 is 19.8 Å². The van der Waals surface area contributed by atoms with E-state index in [2.05, 4.69) is 9.88 Å². The molecule has 1 aliphatic heterocycles. The number of likely N-dealkylation sites (tertiary alicyclic amines) is 1. The molecule has 6 nitrogen and oxygen atoms in total. The molecule has 0 radical (unpaired) electrons. The summed E-state index contributed by atoms with van der Waals surface area (Å²) < 4.78 is 0. The number of rotatable bonds is 5. The van der Waals surface area contributed by atoms with Crippen LogP contribution in [-0.4, -0.2) is 45.1 Å². The Hall–Kier alpha value is -1.47. The van der Waals surface area contributed by atoms with E-state index in [4.69, 9.17) is 10.2 Å². The highest BCUT2D eigenvalue weighted by Crippen LogP contribution is 2.20. The van der Waals surface area contributed by atoms with Gasteiger partial charge in [0.15, 0.2) is 0 Å². The molecule has 2 heterocycles. The molecule has 0 unspecified atom stereocenters. The highest BCUT2D eigenvalue weighted by molar-refractivity contribution is 7.09. The standard InChI is InChI=1S/C12H16N2O4S/c15-11(16)5-9-7-19-10(13-9)6-14-3-1-8(2-4-14)12(17)18/h7-8H,1-6H2,(H,15,16)(H,17,18). The molecule has 0 aromatic carbocycles. The predicted octanol–water partition coefficient (Wildman–Crippen LogP) is 1.07. The van der Waals surface area contributed by atoms with Gasteiger partial charge in [0.2, 0.25) is 0 Å². The first-order chi connectivity index (χ1) is 9.04. The van der Waals surface area contributed by atoms with Crippen LogP contribution in [-0.2, 0) is 22.6 Å². The molecule has 104 valence electrons. The van der Waals surface area contributed by atoms with Gasteiger partial charge in [-0.3, -0.25) is 14.5 Å². The Morgan fingerprint density at radius 1 is 1.37 bits per heavy atom. The van der Waals surface area contributed by atoms with Gasteiger partial charge in [-0.1, -0.05) is 0 Å². The number of carbonyl (C=O) groups is 2. The minimum absolute atomic E-state index is 0.0441. The van der Waals surface area contributed by atoms with Gasteiger partial charge in [0.25, 0.3) is 0 Å². The summed E-state index contributed by atoms with van der Waals surface area (Å²) in [7, 11) is 0. The van der Waals surface area contributed by atoms with Crippen LogP contribution in [0.5, 0.6) is 0 Å². The SMILES string of the molecule is O=C(O)Cc1csc(CN2CCC(C(=O)O)CC2)n1. The number of hydrogen-bond donors (Lipinski definition) is 2. The first-order valence-corrected chi connectivity index (χ1v) is 7.03. The van der Waals surface area contributed by atoms with Crippen molar-refractivity contribution >= 4 is 23.3 Å². The monoisotopic (exact) mass is 284 g/mol. The lowest BCUT2D eigenvalue weighted by Gasteiger charge is -2.29. The number of carboxylic acid groups (broad SMARTS) is 2. The van der Waals surface area contributed by atoms with Crippen molar-refractivity contribution in [2.75, 3.05) is 13.1 Å². The molecule has 0 amide bonds. The molecule has 7 heteroatoms. The molecule has 1 saturated heterocycles. The van der Waals surface area contributed by atoms with Crippen LogP contribution in [0, 0.1) is 5.92 Å². The van der Waals surface area contributed by atoms with Crippen molar-refractivity contribution in [2.45, 2.75) is 25.8 Å². The molecular formula is C12H16N2O4S. The molecule has 19 heavy (non-hydrogen) atoms. The van der Waals surface area contributed by atoms with Crippen molar-refractivity contribution in [1.82, 2.24) is 9.88 Å². The summed E-state index contributed by atoms with van der Waals surface area (Å²) in [5.74, 6) is -1.81. The van der Waals surface area contributed by atoms with Gasteiger partial charge in [-0.05, 0) is 25.9 Å². The zero-order valence-corrected chi connectivity index (χ0v) is 11.2. The summed E-state index contributed by atoms with van der Waals surface area (Å²) in [5.41, 5.74) is 0.591. The van der Waals surface area contributed by atoms with Gasteiger partial charge >= 0.3 is 11.9 Å². The van der Waals surface area contributed by atoms with Crippen LogP contribution in [0.25, 0.3) is 0 Å². The maximum absolute atomic E-state index is 10.8. The molecule has 2 rings (SSSR count). The summed E-state index contributed by atoms with van der Waals surface area (Å²) in [5, 5.41) is 20.3. The van der Waals surface area contributed by atoms with E-state index in [1.165, 1.54) is 11.3 Å². The van der Waals surface area contributed by atoms with Crippen molar-refractivity contribution in [2.24, 2.45) is 5.92 Å². The van der Waals surface area contributed by atoms with Crippen LogP contribution in [0.2, 0.25) is 0 Å². The minimum atomic E-state index is -0.876. The van der Waals surface area contributed by atoms with Crippen molar-refractivity contribution in [1.29, 1.82) is 0 Å². The van der Waals surface area contributed by atoms with Crippen LogP contribution in [0.4, 0.5) is 0 Å². The van der Waals surface area contributed by atoms with E-state index in [-0.39, 0.29) is 12.3 Å². The topological polar surface area (TPSA) is 90.7 Å². The normalized spacial score (nSPS) is 17.5. The Kier molecular flexibility index (Phi) is 4.49. The smallest absolute Gasteiger partial charge is 0.309 e. The molecule has 2 N–H and O–H groups in total. The number of aliphatic carboxylic acids is 2. The van der Waals surface area contributed by atoms with Gasteiger partial charge in [-0.25, -0.2) is 4.98 Å². The number of nitrogens with zero attached hydrogens (tertiary/aromatic N) is 2. The second kappa shape index (κ2) is 6.12. The lowest BCUT2D eigenvalue weighted by atomic mass is 9.97. The van der Waals surface area contributed by atoms with Crippen LogP contribution < -0.4 is 0 Å². The molecule has 1 aliphatic rings. The lowest BCUT2D eigenvalue weighted by molar-refractivity contribution is -0.143. The Balaban J connectivity index is 1.84. The van der Waals surface area contributed by atoms with Crippen LogP contribution in [0.1, 0.15) is 23.5 Å². The first-order valence-electron chi connectivity index (χ1n) is 6.15. The fraction of sp³-hybridized carbons (Fsp3) is 0.583. The number of hydrogen-bond acceptors (Lipinski definition) is 5. The van der Waals surface area contributed by atoms with Crippen molar-refractivity contribution in [3.8, 4) is 0 Å². The molecule has 0 spiro atoms. The summed E-state index contributed by atoms with van der Waals surface area (Å²) in [6.07, 6.45) is 1.29. The van der Waals surface area contributed by atoms with E-state index in [0.717, 1.165) is 18.1 Å². The van der Waals surface area contributed by atoms with Crippen LogP contribution >= 0.6 is 11.3 Å². The second-order valence-electron chi connectivity index (χ2n) is 4.69. The Morgan fingerprint density at radius 3 is 2.63 bits per heavy atom. The summed E-state index contributed by atoms with van der Waals surface area (Å²) in [4.78, 5) is 27.9. The molecule has 0 atom stereocenters. The Labute approximate surface area is 114 Å². The highest BCUT2D eigenvalue weighted by Gasteiger charge is 2.24. The van der Waals surface area contributed by atoms with Gasteiger partial charge in [0.1, 0.15) is 5.01 Å². The van der Waals surface area contributed by atoms with Crippen molar-refractivity contribution in [3.05, 3.63) is 16.1 Å². The third-order valence-electron chi connectivity index (χ3n) is 3.23. The maximum atomic E-state index is 10.8. The lowest BCUT2D eigenvalue weighted by Crippen LogP contribution is -2.35. The molecule has 1 fully saturated rings. The summed E-state index contributed by atoms with van der Waals surface area (Å²) in [6, 6.07) is 0. The second-order valence-corrected chi connectivity index (χ2v) is 5.63. The zero-order valence-electron chi connectivity index (χ0n) is 10.4. The zero-order chi connectivity index (χ0) is 13.8. The van der Waals surface area contributed by atoms with E-state index in [1.54, 1.807) is 5.38 Å². The average Bonchev–Trinajstić information content (AvgIpc) is 2.76. The fourth-order valence-corrected chi connectivity index (χ4v) is 3.02. The predicted molar refractivity (Wildman–Crippen MR) is 69.1 cm³/mol. The van der Waals surface area contributed by atoms with E-state index >= 15 is 0 Å². The van der Waals surface area contributed by atoms with Gasteiger partial charge < -0.3 is 10.2 Å². The molecule has 0 saturated carbocycles. The summed E-state index contributed by atoms with van der Waals surface area (Å²) >= 11 is 1.46. The Bertz CT molecular complexity index is 466. The molecule has 0 aliphatic carbocycles. The first kappa shape index (κ1) is 14.0. The largest absolute Gasteiger partial charge is 0.481 e. The van der Waals surface area contributed by atoms with E-state index in [9.17, 15) is 9.59 Å².